The van der Waals surface area contributed by atoms with Crippen LogP contribution in [-0.4, -0.2) is 25.7 Å². The van der Waals surface area contributed by atoms with Gasteiger partial charge in [-0.3, -0.25) is 0 Å². The van der Waals surface area contributed by atoms with Gasteiger partial charge < -0.3 is 10.2 Å². The van der Waals surface area contributed by atoms with Crippen molar-refractivity contribution >= 4 is 21.6 Å². The Labute approximate surface area is 106 Å². The predicted octanol–water partition coefficient (Wildman–Crippen LogP) is 3.03. The molecule has 0 amide bonds. The maximum Gasteiger partial charge on any atom is 0.0377 e. The summed E-state index contributed by atoms with van der Waals surface area (Å²) in [5.74, 6) is 0. The lowest BCUT2D eigenvalue weighted by Gasteiger charge is -2.40. The van der Waals surface area contributed by atoms with Crippen molar-refractivity contribution in [3.8, 4) is 0 Å². The van der Waals surface area contributed by atoms with E-state index in [2.05, 4.69) is 64.4 Å². The molecule has 1 aliphatic heterocycles. The topological polar surface area (TPSA) is 15.3 Å². The summed E-state index contributed by atoms with van der Waals surface area (Å²) in [5, 5.41) is 3.43. The van der Waals surface area contributed by atoms with Gasteiger partial charge in [0.15, 0.2) is 0 Å². The molecule has 0 aromatic heterocycles. The zero-order chi connectivity index (χ0) is 11.6. The van der Waals surface area contributed by atoms with Crippen LogP contribution in [-0.2, 0) is 0 Å². The minimum Gasteiger partial charge on any atom is -0.371 e. The minimum absolute atomic E-state index is 0.322. The Balaban J connectivity index is 2.04. The van der Waals surface area contributed by atoms with E-state index in [-0.39, 0.29) is 0 Å². The molecular weight excluding hydrogens is 264 g/mol. The fraction of sp³-hybridized carbons (Fsp3) is 0.538. The quantitative estimate of drug-likeness (QED) is 0.897. The summed E-state index contributed by atoms with van der Waals surface area (Å²) in [7, 11) is 2.06. The van der Waals surface area contributed by atoms with Gasteiger partial charge in [0.1, 0.15) is 0 Å². The summed E-state index contributed by atoms with van der Waals surface area (Å²) in [6, 6.07) is 8.56. The molecule has 16 heavy (non-hydrogen) atoms. The van der Waals surface area contributed by atoms with Crippen LogP contribution in [0.2, 0.25) is 0 Å². The third-order valence-corrected chi connectivity index (χ3v) is 4.14. The standard InChI is InChI=1S/C13H19BrN2/c1-13(15-2)6-8-16(9-7-13)12-5-3-4-11(14)10-12/h3-5,10,15H,6-9H2,1-2H3. The lowest BCUT2D eigenvalue weighted by Crippen LogP contribution is -2.50. The summed E-state index contributed by atoms with van der Waals surface area (Å²) in [5.41, 5.74) is 1.65. The van der Waals surface area contributed by atoms with Gasteiger partial charge in [0.2, 0.25) is 0 Å². The zero-order valence-electron chi connectivity index (χ0n) is 9.96. The van der Waals surface area contributed by atoms with Crippen molar-refractivity contribution in [3.63, 3.8) is 0 Å². The number of benzene rings is 1. The van der Waals surface area contributed by atoms with Crippen LogP contribution in [0.15, 0.2) is 28.7 Å². The number of anilines is 1. The second kappa shape index (κ2) is 4.76. The first kappa shape index (κ1) is 11.9. The molecule has 1 aromatic carbocycles. The van der Waals surface area contributed by atoms with Crippen LogP contribution >= 0.6 is 15.9 Å². The Hall–Kier alpha value is -0.540. The van der Waals surface area contributed by atoms with Gasteiger partial charge in [-0.25, -0.2) is 0 Å². The van der Waals surface area contributed by atoms with Crippen LogP contribution < -0.4 is 10.2 Å². The molecule has 0 radical (unpaired) electrons. The van der Waals surface area contributed by atoms with Gasteiger partial charge in [0.25, 0.3) is 0 Å². The molecule has 1 heterocycles. The van der Waals surface area contributed by atoms with Crippen LogP contribution in [0, 0.1) is 0 Å². The summed E-state index contributed by atoms with van der Waals surface area (Å²) in [4.78, 5) is 2.46. The van der Waals surface area contributed by atoms with Gasteiger partial charge in [-0.05, 0) is 45.0 Å². The molecule has 88 valence electrons. The summed E-state index contributed by atoms with van der Waals surface area (Å²) < 4.78 is 1.16. The van der Waals surface area contributed by atoms with Crippen molar-refractivity contribution < 1.29 is 0 Å². The highest BCUT2D eigenvalue weighted by Crippen LogP contribution is 2.27. The van der Waals surface area contributed by atoms with E-state index >= 15 is 0 Å². The number of rotatable bonds is 2. The normalized spacial score (nSPS) is 19.8. The maximum atomic E-state index is 3.53. The van der Waals surface area contributed by atoms with Crippen LogP contribution in [0.3, 0.4) is 0 Å². The lowest BCUT2D eigenvalue weighted by molar-refractivity contribution is 0.305. The first-order valence-corrected chi connectivity index (χ1v) is 6.62. The van der Waals surface area contributed by atoms with E-state index in [0.29, 0.717) is 5.54 Å². The molecule has 3 heteroatoms. The number of hydrogen-bond acceptors (Lipinski definition) is 2. The van der Waals surface area contributed by atoms with E-state index < -0.39 is 0 Å². The number of hydrogen-bond donors (Lipinski definition) is 1. The number of nitrogens with one attached hydrogen (secondary N) is 1. The van der Waals surface area contributed by atoms with Crippen LogP contribution in [0.5, 0.6) is 0 Å². The largest absolute Gasteiger partial charge is 0.371 e. The molecule has 2 nitrogen and oxygen atoms in total. The second-order valence-electron chi connectivity index (χ2n) is 4.78. The Kier molecular flexibility index (Phi) is 3.55. The number of nitrogens with zero attached hydrogens (tertiary/aromatic N) is 1. The molecule has 0 saturated carbocycles. The van der Waals surface area contributed by atoms with Crippen molar-refractivity contribution in [2.45, 2.75) is 25.3 Å². The van der Waals surface area contributed by atoms with Gasteiger partial charge in [0.05, 0.1) is 0 Å². The van der Waals surface area contributed by atoms with Gasteiger partial charge in [-0.2, -0.15) is 0 Å². The highest BCUT2D eigenvalue weighted by molar-refractivity contribution is 9.10. The molecule has 0 atom stereocenters. The molecular formula is C13H19BrN2. The molecule has 1 saturated heterocycles. The van der Waals surface area contributed by atoms with E-state index in [0.717, 1.165) is 17.6 Å². The number of halogens is 1. The minimum atomic E-state index is 0.322. The predicted molar refractivity (Wildman–Crippen MR) is 73.1 cm³/mol. The number of piperidine rings is 1. The highest BCUT2D eigenvalue weighted by Gasteiger charge is 2.28. The zero-order valence-corrected chi connectivity index (χ0v) is 11.5. The first-order valence-electron chi connectivity index (χ1n) is 5.82. The summed E-state index contributed by atoms with van der Waals surface area (Å²) in [6.45, 7) is 4.58. The Bertz CT molecular complexity index is 357. The molecule has 1 N–H and O–H groups in total. The van der Waals surface area contributed by atoms with E-state index in [1.165, 1.54) is 18.5 Å². The van der Waals surface area contributed by atoms with Crippen molar-refractivity contribution in [1.29, 1.82) is 0 Å². The first-order chi connectivity index (χ1) is 7.63. The Morgan fingerprint density at radius 1 is 1.31 bits per heavy atom. The fourth-order valence-corrected chi connectivity index (χ4v) is 2.57. The van der Waals surface area contributed by atoms with Crippen molar-refractivity contribution in [2.75, 3.05) is 25.0 Å². The SMILES string of the molecule is CNC1(C)CCN(c2cccc(Br)c2)CC1. The van der Waals surface area contributed by atoms with Crippen LogP contribution in [0.25, 0.3) is 0 Å². The van der Waals surface area contributed by atoms with Gasteiger partial charge in [-0.1, -0.05) is 22.0 Å². The molecule has 0 bridgehead atoms. The van der Waals surface area contributed by atoms with Crippen molar-refractivity contribution in [3.05, 3.63) is 28.7 Å². The highest BCUT2D eigenvalue weighted by atomic mass is 79.9. The molecule has 1 aliphatic rings. The van der Waals surface area contributed by atoms with E-state index in [4.69, 9.17) is 0 Å². The Morgan fingerprint density at radius 2 is 2.00 bits per heavy atom. The molecule has 0 spiro atoms. The van der Waals surface area contributed by atoms with Crippen LogP contribution in [0.4, 0.5) is 5.69 Å². The van der Waals surface area contributed by atoms with Crippen molar-refractivity contribution in [1.82, 2.24) is 5.32 Å². The average molecular weight is 283 g/mol. The molecule has 2 rings (SSSR count). The molecule has 1 fully saturated rings. The summed E-state index contributed by atoms with van der Waals surface area (Å²) in [6.07, 6.45) is 2.41. The van der Waals surface area contributed by atoms with E-state index in [1.807, 2.05) is 0 Å². The van der Waals surface area contributed by atoms with Crippen LogP contribution in [0.1, 0.15) is 19.8 Å². The van der Waals surface area contributed by atoms with Gasteiger partial charge >= 0.3 is 0 Å². The van der Waals surface area contributed by atoms with Gasteiger partial charge in [0, 0.05) is 28.8 Å². The lowest BCUT2D eigenvalue weighted by atomic mass is 9.90. The Morgan fingerprint density at radius 3 is 2.56 bits per heavy atom. The van der Waals surface area contributed by atoms with Gasteiger partial charge in [-0.15, -0.1) is 0 Å². The molecule has 0 unspecified atom stereocenters. The van der Waals surface area contributed by atoms with E-state index in [9.17, 15) is 0 Å². The monoisotopic (exact) mass is 282 g/mol. The third-order valence-electron chi connectivity index (χ3n) is 3.64. The van der Waals surface area contributed by atoms with E-state index in [1.54, 1.807) is 0 Å². The fourth-order valence-electron chi connectivity index (χ4n) is 2.18. The second-order valence-corrected chi connectivity index (χ2v) is 5.69. The maximum absolute atomic E-state index is 3.53. The third kappa shape index (κ3) is 2.58. The molecule has 1 aromatic rings. The molecule has 0 aliphatic carbocycles. The smallest absolute Gasteiger partial charge is 0.0377 e. The average Bonchev–Trinajstić information content (AvgIpc) is 2.30. The van der Waals surface area contributed by atoms with Crippen molar-refractivity contribution in [2.24, 2.45) is 0 Å². The summed E-state index contributed by atoms with van der Waals surface area (Å²) >= 11 is 3.53.